The summed E-state index contributed by atoms with van der Waals surface area (Å²) in [5.41, 5.74) is 31.7. The molecule has 0 unspecified atom stereocenters. The van der Waals surface area contributed by atoms with Crippen molar-refractivity contribution in [3.8, 4) is 0 Å². The first-order valence-corrected chi connectivity index (χ1v) is 37.7. The number of hydrogen-bond acceptors (Lipinski definition) is 18. The van der Waals surface area contributed by atoms with Gasteiger partial charge in [-0.2, -0.15) is 0 Å². The number of benzene rings is 2. The van der Waals surface area contributed by atoms with Crippen molar-refractivity contribution in [2.24, 2.45) is 52.3 Å². The largest absolute Gasteiger partial charge is 0.394 e. The zero-order valence-corrected chi connectivity index (χ0v) is 63.6. The smallest absolute Gasteiger partial charge is 0.245 e. The molecular weight excluding hydrogens is 1390 g/mol. The normalized spacial score (nSPS) is 14.9. The molecule has 0 bridgehead atoms. The van der Waals surface area contributed by atoms with Crippen LogP contribution in [0.3, 0.4) is 0 Å². The molecule has 12 atom stereocenters. The highest BCUT2D eigenvalue weighted by atomic mass is 16.3. The Kier molecular flexibility index (Phi) is 37.6. The van der Waals surface area contributed by atoms with E-state index in [0.29, 0.717) is 85.8 Å². The predicted molar refractivity (Wildman–Crippen MR) is 409 cm³/mol. The Hall–Kier alpha value is -9.83. The second-order valence-electron chi connectivity index (χ2n) is 29.0. The molecule has 0 aliphatic carbocycles. The van der Waals surface area contributed by atoms with Crippen molar-refractivity contribution >= 4 is 92.7 Å². The summed E-state index contributed by atoms with van der Waals surface area (Å²) >= 11 is 0. The Morgan fingerprint density at radius 2 is 0.769 bits per heavy atom. The third kappa shape index (κ3) is 28.7. The number of carbonyl (C=O) groups is 12. The molecular formula is C75H118N20O13. The molecule has 5 rings (SSSR count). The number of para-hydroxylation sites is 2. The minimum absolute atomic E-state index is 0.0119. The summed E-state index contributed by atoms with van der Waals surface area (Å²) < 4.78 is 0. The molecule has 33 nitrogen and oxygen atoms in total. The minimum Gasteiger partial charge on any atom is -0.394 e. The van der Waals surface area contributed by atoms with Gasteiger partial charge < -0.3 is 107 Å². The van der Waals surface area contributed by atoms with Gasteiger partial charge in [0.25, 0.3) is 0 Å². The van der Waals surface area contributed by atoms with Crippen LogP contribution < -0.4 is 87.2 Å². The molecule has 3 heterocycles. The SMILES string of the molecule is CC[C@H](C)[C@H](NC(=O)[C@H](Cc1cnc[nH]1)NC(=O)[C@H](CCCCN)NC(=O)[C@H](CC(C)C)NC(=O)[C@H](CC(C)C)NC(=O)[C@H](CO)NC(=O)[C@H](Cc1c[nH]c2ccccc12)NC(=O)[C@H](Cc1c[nH]c2ccccc12)NC(=O)[C@H](CCCCN)NC(=O)CN)C(=O)N[C@@H](CC(C)C)C(=O)N[C@@H](CCCCN)C(N)=O. The lowest BCUT2D eigenvalue weighted by atomic mass is 9.96. The lowest BCUT2D eigenvalue weighted by Gasteiger charge is -2.30. The van der Waals surface area contributed by atoms with Crippen molar-refractivity contribution < 1.29 is 62.6 Å². The van der Waals surface area contributed by atoms with E-state index in [0.717, 1.165) is 10.9 Å². The fraction of sp³-hybridized carbons (Fsp3) is 0.587. The third-order valence-electron chi connectivity index (χ3n) is 18.7. The molecule has 596 valence electrons. The van der Waals surface area contributed by atoms with Crippen LogP contribution in [0, 0.1) is 23.7 Å². The van der Waals surface area contributed by atoms with Crippen molar-refractivity contribution in [2.75, 3.05) is 32.8 Å². The number of nitrogens with zero attached hydrogens (tertiary/aromatic N) is 1. The van der Waals surface area contributed by atoms with Crippen LogP contribution in [0.2, 0.25) is 0 Å². The Morgan fingerprint density at radius 1 is 0.417 bits per heavy atom. The molecule has 0 radical (unpaired) electrons. The van der Waals surface area contributed by atoms with Crippen LogP contribution in [0.25, 0.3) is 21.8 Å². The number of nitrogens with two attached hydrogens (primary N) is 5. The predicted octanol–water partition coefficient (Wildman–Crippen LogP) is -0.259. The van der Waals surface area contributed by atoms with Gasteiger partial charge in [0.05, 0.1) is 19.5 Å². The van der Waals surface area contributed by atoms with Gasteiger partial charge in [0, 0.05) is 65.4 Å². The van der Waals surface area contributed by atoms with Crippen molar-refractivity contribution in [3.63, 3.8) is 0 Å². The second kappa shape index (κ2) is 45.7. The molecule has 3 aromatic heterocycles. The van der Waals surface area contributed by atoms with Crippen LogP contribution in [0.1, 0.15) is 156 Å². The van der Waals surface area contributed by atoms with Crippen molar-refractivity contribution in [3.05, 3.63) is 90.3 Å². The van der Waals surface area contributed by atoms with E-state index in [1.54, 1.807) is 53.1 Å². The van der Waals surface area contributed by atoms with Gasteiger partial charge in [-0.3, -0.25) is 57.5 Å². The number of aromatic nitrogens is 4. The zero-order valence-electron chi connectivity index (χ0n) is 63.6. The minimum atomic E-state index is -1.74. The van der Waals surface area contributed by atoms with Crippen LogP contribution in [-0.4, -0.2) is 195 Å². The van der Waals surface area contributed by atoms with E-state index in [9.17, 15) is 62.6 Å². The van der Waals surface area contributed by atoms with Crippen molar-refractivity contribution in [1.29, 1.82) is 0 Å². The van der Waals surface area contributed by atoms with Crippen LogP contribution in [0.5, 0.6) is 0 Å². The van der Waals surface area contributed by atoms with Gasteiger partial charge in [-0.1, -0.05) is 98.2 Å². The maximum atomic E-state index is 15.0. The summed E-state index contributed by atoms with van der Waals surface area (Å²) in [5, 5.41) is 42.5. The van der Waals surface area contributed by atoms with Gasteiger partial charge in [-0.15, -0.1) is 0 Å². The van der Waals surface area contributed by atoms with Gasteiger partial charge in [-0.05, 0) is 144 Å². The first-order chi connectivity index (χ1) is 51.5. The van der Waals surface area contributed by atoms with Gasteiger partial charge in [0.2, 0.25) is 70.9 Å². The number of rotatable bonds is 50. The highest BCUT2D eigenvalue weighted by Crippen LogP contribution is 2.23. The van der Waals surface area contributed by atoms with Gasteiger partial charge in [-0.25, -0.2) is 4.98 Å². The summed E-state index contributed by atoms with van der Waals surface area (Å²) in [6.45, 7) is 13.9. The summed E-state index contributed by atoms with van der Waals surface area (Å²) in [4.78, 5) is 184. The number of H-pyrrole nitrogens is 3. The molecule has 0 aliphatic heterocycles. The first kappa shape index (κ1) is 88.8. The Labute approximate surface area is 631 Å². The van der Waals surface area contributed by atoms with E-state index in [1.807, 2.05) is 63.2 Å². The van der Waals surface area contributed by atoms with E-state index in [1.165, 1.54) is 12.5 Å². The Balaban J connectivity index is 1.39. The molecule has 108 heavy (non-hydrogen) atoms. The highest BCUT2D eigenvalue weighted by molar-refractivity contribution is 6.00. The molecule has 2 aromatic carbocycles. The van der Waals surface area contributed by atoms with Crippen LogP contribution in [0.4, 0.5) is 0 Å². The van der Waals surface area contributed by atoms with Crippen LogP contribution in [0.15, 0.2) is 73.4 Å². The summed E-state index contributed by atoms with van der Waals surface area (Å²) in [5.74, 6) is -10.6. The molecule has 33 heteroatoms. The third-order valence-corrected chi connectivity index (χ3v) is 18.7. The molecule has 12 amide bonds. The highest BCUT2D eigenvalue weighted by Gasteiger charge is 2.39. The average molecular weight is 1510 g/mol. The van der Waals surface area contributed by atoms with Crippen molar-refractivity contribution in [2.45, 2.75) is 225 Å². The topological polar surface area (TPSA) is 548 Å². The maximum Gasteiger partial charge on any atom is 0.245 e. The van der Waals surface area contributed by atoms with E-state index >= 15 is 0 Å². The monoisotopic (exact) mass is 1510 g/mol. The van der Waals surface area contributed by atoms with Crippen LogP contribution in [-0.2, 0) is 76.8 Å². The molecule has 5 aromatic rings. The number of fused-ring (bicyclic) bond motifs is 2. The summed E-state index contributed by atoms with van der Waals surface area (Å²) in [7, 11) is 0. The van der Waals surface area contributed by atoms with Gasteiger partial charge in [0.15, 0.2) is 0 Å². The van der Waals surface area contributed by atoms with Gasteiger partial charge in [0.1, 0.15) is 66.5 Å². The number of hydrogen-bond donors (Lipinski definition) is 20. The number of unbranched alkanes of at least 4 members (excludes halogenated alkanes) is 3. The Bertz CT molecular complexity index is 3730. The number of aromatic amines is 3. The number of primary amides is 1. The lowest BCUT2D eigenvalue weighted by molar-refractivity contribution is -0.137. The molecule has 0 saturated heterocycles. The number of imidazole rings is 1. The molecule has 0 fully saturated rings. The quantitative estimate of drug-likeness (QED) is 0.0223. The fourth-order valence-electron chi connectivity index (χ4n) is 12.5. The lowest BCUT2D eigenvalue weighted by Crippen LogP contribution is -2.62. The number of amides is 12. The Morgan fingerprint density at radius 3 is 1.17 bits per heavy atom. The van der Waals surface area contributed by atoms with E-state index in [4.69, 9.17) is 28.7 Å². The fourth-order valence-corrected chi connectivity index (χ4v) is 12.5. The number of carbonyl (C=O) groups excluding carboxylic acids is 12. The van der Waals surface area contributed by atoms with Crippen molar-refractivity contribution in [1.82, 2.24) is 78.4 Å². The maximum absolute atomic E-state index is 15.0. The van der Waals surface area contributed by atoms with Crippen LogP contribution >= 0.6 is 0 Å². The number of nitrogens with one attached hydrogen (secondary N) is 14. The summed E-state index contributed by atoms with van der Waals surface area (Å²) in [6.07, 6.45) is 9.53. The van der Waals surface area contributed by atoms with E-state index in [-0.39, 0.29) is 82.1 Å². The molecule has 0 saturated carbocycles. The van der Waals surface area contributed by atoms with E-state index < -0.39 is 156 Å². The number of aliphatic hydroxyl groups excluding tert-OH is 1. The molecule has 25 N–H and O–H groups in total. The molecule has 0 spiro atoms. The average Bonchev–Trinajstić information content (AvgIpc) is 1.65. The standard InChI is InChI=1S/C75H118N20O13/c1-9-45(8)64(75(108)93-58(32-44(6)7)68(101)86-53(65(80)98)24-14-17-27-76)95-73(106)61(35-48-39-81-41-84-48)92-67(100)55(26-16-19-29-78)87-69(102)56(30-42(2)3)88-70(103)57(31-43(4)5)89-74(107)62(40-96)94-72(105)60(34-47-38-83-52-23-13-11-21-50(47)52)91-71(104)59(33-46-37-82-51-22-12-10-20-49(46)51)90-66(99)54(25-15-18-28-77)85-63(97)36-79/h10-13,20-23,37-39,41-45,53-62,64,82-83,96H,9,14-19,24-36,40,76-79H2,1-8H3,(H2,80,98)(H,81,84)(H,85,97)(H,86,101)(H,87,102)(H,88,103)(H,89,107)(H,90,99)(H,91,104)(H,92,100)(H,93,108)(H,94,105)(H,95,106)/t45-,53-,54-,55-,56-,57-,58-,59-,60-,61-,62-,64-/m0/s1. The first-order valence-electron chi connectivity index (χ1n) is 37.7. The molecule has 0 aliphatic rings. The number of aliphatic hydroxyl groups is 1. The van der Waals surface area contributed by atoms with Gasteiger partial charge >= 0.3 is 0 Å². The second-order valence-corrected chi connectivity index (χ2v) is 29.0. The van der Waals surface area contributed by atoms with E-state index in [2.05, 4.69) is 78.4 Å². The summed E-state index contributed by atoms with van der Waals surface area (Å²) in [6, 6.07) is -0.109. The zero-order chi connectivity index (χ0) is 79.6.